The highest BCUT2D eigenvalue weighted by atomic mass is 19.1. The SMILES string of the molecule is Cc1nccn1-c1ccc(C2(C(=O)O)CCCC2)cc1F. The number of carboxylic acids is 1. The van der Waals surface area contributed by atoms with E-state index in [0.717, 1.165) is 12.8 Å². The molecule has 3 rings (SSSR count). The fourth-order valence-corrected chi connectivity index (χ4v) is 3.24. The molecule has 5 heteroatoms. The smallest absolute Gasteiger partial charge is 0.314 e. The summed E-state index contributed by atoms with van der Waals surface area (Å²) in [6.07, 6.45) is 6.19. The molecule has 4 nitrogen and oxygen atoms in total. The molecule has 1 aromatic carbocycles. The first kappa shape index (κ1) is 13.8. The number of carbonyl (C=O) groups is 1. The van der Waals surface area contributed by atoms with Gasteiger partial charge in [0.05, 0.1) is 11.1 Å². The van der Waals surface area contributed by atoms with Crippen molar-refractivity contribution in [1.82, 2.24) is 9.55 Å². The lowest BCUT2D eigenvalue weighted by Gasteiger charge is -2.24. The third-order valence-electron chi connectivity index (χ3n) is 4.45. The van der Waals surface area contributed by atoms with Gasteiger partial charge >= 0.3 is 5.97 Å². The summed E-state index contributed by atoms with van der Waals surface area (Å²) in [4.78, 5) is 15.7. The zero-order valence-corrected chi connectivity index (χ0v) is 11.8. The molecule has 0 bridgehead atoms. The Bertz CT molecular complexity index is 687. The van der Waals surface area contributed by atoms with Crippen molar-refractivity contribution in [2.24, 2.45) is 0 Å². The van der Waals surface area contributed by atoms with E-state index < -0.39 is 17.2 Å². The van der Waals surface area contributed by atoms with Crippen LogP contribution >= 0.6 is 0 Å². The van der Waals surface area contributed by atoms with E-state index >= 15 is 0 Å². The van der Waals surface area contributed by atoms with Crippen LogP contribution in [-0.2, 0) is 10.2 Å². The van der Waals surface area contributed by atoms with E-state index in [2.05, 4.69) is 4.98 Å². The monoisotopic (exact) mass is 288 g/mol. The van der Waals surface area contributed by atoms with Gasteiger partial charge in [0.15, 0.2) is 0 Å². The highest BCUT2D eigenvalue weighted by molar-refractivity contribution is 5.82. The van der Waals surface area contributed by atoms with Crippen LogP contribution in [0.5, 0.6) is 0 Å². The Morgan fingerprint density at radius 2 is 2.10 bits per heavy atom. The lowest BCUT2D eigenvalue weighted by molar-refractivity contribution is -0.143. The van der Waals surface area contributed by atoms with E-state index in [1.807, 2.05) is 0 Å². The third-order valence-corrected chi connectivity index (χ3v) is 4.45. The van der Waals surface area contributed by atoms with Crippen LogP contribution in [0.2, 0.25) is 0 Å². The minimum Gasteiger partial charge on any atom is -0.481 e. The molecular formula is C16H17FN2O2. The Kier molecular flexibility index (Phi) is 3.27. The van der Waals surface area contributed by atoms with Crippen LogP contribution in [0, 0.1) is 12.7 Å². The first-order valence-corrected chi connectivity index (χ1v) is 7.08. The number of aromatic nitrogens is 2. The van der Waals surface area contributed by atoms with E-state index in [4.69, 9.17) is 0 Å². The van der Waals surface area contributed by atoms with Crippen LogP contribution in [0.25, 0.3) is 5.69 Å². The summed E-state index contributed by atoms with van der Waals surface area (Å²) in [7, 11) is 0. The van der Waals surface area contributed by atoms with E-state index in [1.54, 1.807) is 36.0 Å². The number of aliphatic carboxylic acids is 1. The lowest BCUT2D eigenvalue weighted by atomic mass is 9.79. The van der Waals surface area contributed by atoms with Crippen LogP contribution in [0.1, 0.15) is 37.1 Å². The summed E-state index contributed by atoms with van der Waals surface area (Å²) in [5.41, 5.74) is 0.0300. The third kappa shape index (κ3) is 2.13. The zero-order chi connectivity index (χ0) is 15.0. The van der Waals surface area contributed by atoms with Crippen LogP contribution in [0.15, 0.2) is 30.6 Å². The molecule has 0 atom stereocenters. The molecule has 110 valence electrons. The van der Waals surface area contributed by atoms with E-state index in [0.29, 0.717) is 29.9 Å². The normalized spacial score (nSPS) is 17.0. The summed E-state index contributed by atoms with van der Waals surface area (Å²) in [5, 5.41) is 9.57. The Balaban J connectivity index is 2.06. The molecular weight excluding hydrogens is 271 g/mol. The van der Waals surface area contributed by atoms with Crippen LogP contribution in [0.4, 0.5) is 4.39 Å². The number of imidazole rings is 1. The van der Waals surface area contributed by atoms with Gasteiger partial charge in [-0.1, -0.05) is 18.9 Å². The largest absolute Gasteiger partial charge is 0.481 e. The first-order chi connectivity index (χ1) is 10.0. The Labute approximate surface area is 122 Å². The number of nitrogens with zero attached hydrogens (tertiary/aromatic N) is 2. The number of hydrogen-bond acceptors (Lipinski definition) is 2. The number of rotatable bonds is 3. The van der Waals surface area contributed by atoms with Crippen molar-refractivity contribution >= 4 is 5.97 Å². The predicted octanol–water partition coefficient (Wildman–Crippen LogP) is 3.22. The van der Waals surface area contributed by atoms with Crippen molar-refractivity contribution in [2.45, 2.75) is 38.0 Å². The maximum absolute atomic E-state index is 14.4. The molecule has 1 aromatic heterocycles. The summed E-state index contributed by atoms with van der Waals surface area (Å²) in [6.45, 7) is 1.79. The van der Waals surface area contributed by atoms with Gasteiger partial charge in [0, 0.05) is 12.4 Å². The van der Waals surface area contributed by atoms with E-state index in [9.17, 15) is 14.3 Å². The molecule has 1 N–H and O–H groups in total. The molecule has 21 heavy (non-hydrogen) atoms. The van der Waals surface area contributed by atoms with Crippen molar-refractivity contribution in [3.05, 3.63) is 47.8 Å². The topological polar surface area (TPSA) is 55.1 Å². The molecule has 1 heterocycles. The van der Waals surface area contributed by atoms with Crippen molar-refractivity contribution in [2.75, 3.05) is 0 Å². The van der Waals surface area contributed by atoms with Gasteiger partial charge in [-0.3, -0.25) is 4.79 Å². The van der Waals surface area contributed by atoms with Crippen molar-refractivity contribution in [3.8, 4) is 5.69 Å². The molecule has 0 radical (unpaired) electrons. The van der Waals surface area contributed by atoms with Crippen LogP contribution in [0.3, 0.4) is 0 Å². The van der Waals surface area contributed by atoms with E-state index in [-0.39, 0.29) is 0 Å². The average Bonchev–Trinajstić information content (AvgIpc) is 3.08. The Morgan fingerprint density at radius 1 is 1.38 bits per heavy atom. The number of carboxylic acid groups (broad SMARTS) is 1. The molecule has 2 aromatic rings. The molecule has 0 spiro atoms. The molecule has 0 amide bonds. The summed E-state index contributed by atoms with van der Waals surface area (Å²) in [5.74, 6) is -0.581. The summed E-state index contributed by atoms with van der Waals surface area (Å²) < 4.78 is 16.1. The van der Waals surface area contributed by atoms with Gasteiger partial charge in [-0.05, 0) is 37.5 Å². The average molecular weight is 288 g/mol. The minimum absolute atomic E-state index is 0.396. The number of aryl methyl sites for hydroxylation is 1. The van der Waals surface area contributed by atoms with Gasteiger partial charge in [-0.15, -0.1) is 0 Å². The van der Waals surface area contributed by atoms with E-state index in [1.165, 1.54) is 6.07 Å². The standard InChI is InChI=1S/C16H17FN2O2/c1-11-18-8-9-19(11)14-5-4-12(10-13(14)17)16(15(20)21)6-2-3-7-16/h4-5,8-10H,2-3,6-7H2,1H3,(H,20,21). The number of hydrogen-bond donors (Lipinski definition) is 1. The second-order valence-electron chi connectivity index (χ2n) is 5.61. The Hall–Kier alpha value is -2.17. The van der Waals surface area contributed by atoms with Crippen LogP contribution < -0.4 is 0 Å². The quantitative estimate of drug-likeness (QED) is 0.943. The molecule has 0 aliphatic heterocycles. The first-order valence-electron chi connectivity index (χ1n) is 7.08. The summed E-state index contributed by atoms with van der Waals surface area (Å²) in [6, 6.07) is 4.74. The molecule has 1 aliphatic carbocycles. The predicted molar refractivity (Wildman–Crippen MR) is 76.0 cm³/mol. The molecule has 1 saturated carbocycles. The van der Waals surface area contributed by atoms with Crippen LogP contribution in [-0.4, -0.2) is 20.6 Å². The van der Waals surface area contributed by atoms with Gasteiger partial charge in [-0.25, -0.2) is 9.37 Å². The zero-order valence-electron chi connectivity index (χ0n) is 11.8. The molecule has 0 unspecified atom stereocenters. The Morgan fingerprint density at radius 3 is 2.62 bits per heavy atom. The maximum atomic E-state index is 14.4. The number of halogens is 1. The number of benzene rings is 1. The van der Waals surface area contributed by atoms with Gasteiger partial charge in [0.25, 0.3) is 0 Å². The maximum Gasteiger partial charge on any atom is 0.314 e. The highest BCUT2D eigenvalue weighted by Crippen LogP contribution is 2.42. The van der Waals surface area contributed by atoms with Crippen molar-refractivity contribution in [3.63, 3.8) is 0 Å². The fraction of sp³-hybridized carbons (Fsp3) is 0.375. The second-order valence-corrected chi connectivity index (χ2v) is 5.61. The van der Waals surface area contributed by atoms with Gasteiger partial charge < -0.3 is 9.67 Å². The second kappa shape index (κ2) is 4.98. The lowest BCUT2D eigenvalue weighted by Crippen LogP contribution is -2.32. The van der Waals surface area contributed by atoms with Crippen molar-refractivity contribution in [1.29, 1.82) is 0 Å². The van der Waals surface area contributed by atoms with Gasteiger partial charge in [0.1, 0.15) is 11.6 Å². The highest BCUT2D eigenvalue weighted by Gasteiger charge is 2.43. The summed E-state index contributed by atoms with van der Waals surface area (Å²) >= 11 is 0. The molecule has 1 aliphatic rings. The minimum atomic E-state index is -0.927. The molecule has 1 fully saturated rings. The van der Waals surface area contributed by atoms with Crippen molar-refractivity contribution < 1.29 is 14.3 Å². The fourth-order valence-electron chi connectivity index (χ4n) is 3.24. The van der Waals surface area contributed by atoms with Gasteiger partial charge in [-0.2, -0.15) is 0 Å². The van der Waals surface area contributed by atoms with Gasteiger partial charge in [0.2, 0.25) is 0 Å². The molecule has 0 saturated heterocycles.